The summed E-state index contributed by atoms with van der Waals surface area (Å²) in [5.41, 5.74) is 0.561. The number of benzene rings is 1. The van der Waals surface area contributed by atoms with Crippen LogP contribution in [0.3, 0.4) is 0 Å². The smallest absolute Gasteiger partial charge is 0.240 e. The van der Waals surface area contributed by atoms with Crippen LogP contribution >= 0.6 is 11.8 Å². The minimum absolute atomic E-state index is 0.165. The average Bonchev–Trinajstić information content (AvgIpc) is 2.43. The summed E-state index contributed by atoms with van der Waals surface area (Å²) >= 11 is 1.60. The fourth-order valence-electron chi connectivity index (χ4n) is 1.31. The molecule has 0 aliphatic carbocycles. The average molecular weight is 313 g/mol. The van der Waals surface area contributed by atoms with E-state index in [1.54, 1.807) is 23.9 Å². The highest BCUT2D eigenvalue weighted by molar-refractivity contribution is 8.00. The number of nitrogens with one attached hydrogen (secondary N) is 1. The molecule has 0 aliphatic heterocycles. The molecule has 1 rings (SSSR count). The summed E-state index contributed by atoms with van der Waals surface area (Å²) in [6.07, 6.45) is 1.94. The van der Waals surface area contributed by atoms with Crippen molar-refractivity contribution in [3.8, 4) is 11.8 Å². The highest BCUT2D eigenvalue weighted by atomic mass is 32.2. The Balaban J connectivity index is 2.93. The van der Waals surface area contributed by atoms with E-state index in [4.69, 9.17) is 5.11 Å². The lowest BCUT2D eigenvalue weighted by atomic mass is 10.2. The first-order valence-electron chi connectivity index (χ1n) is 6.05. The summed E-state index contributed by atoms with van der Waals surface area (Å²) in [6, 6.07) is 6.36. The summed E-state index contributed by atoms with van der Waals surface area (Å²) in [4.78, 5) is 0.180. The number of aliphatic hydroxyl groups excluding tert-OH is 1. The molecule has 2 N–H and O–H groups in total. The van der Waals surface area contributed by atoms with Gasteiger partial charge in [0.2, 0.25) is 10.0 Å². The Morgan fingerprint density at radius 2 is 2.10 bits per heavy atom. The number of rotatable bonds is 5. The molecule has 20 heavy (non-hydrogen) atoms. The number of sulfonamides is 1. The van der Waals surface area contributed by atoms with Crippen LogP contribution in [0.5, 0.6) is 0 Å². The maximum Gasteiger partial charge on any atom is 0.240 e. The second-order valence-corrected chi connectivity index (χ2v) is 8.06. The Bertz CT molecular complexity index is 613. The van der Waals surface area contributed by atoms with E-state index in [1.165, 1.54) is 12.1 Å². The number of hydrogen-bond donors (Lipinski definition) is 2. The van der Waals surface area contributed by atoms with Crippen molar-refractivity contribution in [1.82, 2.24) is 4.72 Å². The monoisotopic (exact) mass is 313 g/mol. The van der Waals surface area contributed by atoms with Crippen LogP contribution in [0.1, 0.15) is 19.4 Å². The lowest BCUT2D eigenvalue weighted by molar-refractivity contribution is 0.350. The van der Waals surface area contributed by atoms with E-state index in [1.807, 2.05) is 20.1 Å². The first-order chi connectivity index (χ1) is 9.30. The molecule has 0 atom stereocenters. The predicted molar refractivity (Wildman–Crippen MR) is 83.2 cm³/mol. The molecule has 4 nitrogen and oxygen atoms in total. The molecule has 0 bridgehead atoms. The van der Waals surface area contributed by atoms with Crippen LogP contribution in [-0.2, 0) is 10.0 Å². The lowest BCUT2D eigenvalue weighted by Gasteiger charge is -2.22. The Morgan fingerprint density at radius 1 is 1.40 bits per heavy atom. The van der Waals surface area contributed by atoms with Crippen LogP contribution < -0.4 is 4.72 Å². The number of thioether (sulfide) groups is 1. The Kier molecular flexibility index (Phi) is 6.08. The summed E-state index contributed by atoms with van der Waals surface area (Å²) in [7, 11) is -3.54. The molecular weight excluding hydrogens is 294 g/mol. The van der Waals surface area contributed by atoms with E-state index in [0.717, 1.165) is 0 Å². The van der Waals surface area contributed by atoms with Crippen LogP contribution in [0.4, 0.5) is 0 Å². The van der Waals surface area contributed by atoms with E-state index in [2.05, 4.69) is 16.6 Å². The summed E-state index contributed by atoms with van der Waals surface area (Å²) in [6.45, 7) is 4.05. The van der Waals surface area contributed by atoms with E-state index < -0.39 is 10.0 Å². The second-order valence-electron chi connectivity index (χ2n) is 4.78. The molecule has 6 heteroatoms. The van der Waals surface area contributed by atoms with Crippen LogP contribution in [0.2, 0.25) is 0 Å². The van der Waals surface area contributed by atoms with Gasteiger partial charge < -0.3 is 5.11 Å². The van der Waals surface area contributed by atoms with Crippen molar-refractivity contribution < 1.29 is 13.5 Å². The highest BCUT2D eigenvalue weighted by Crippen LogP contribution is 2.21. The lowest BCUT2D eigenvalue weighted by Crippen LogP contribution is -2.36. The zero-order valence-electron chi connectivity index (χ0n) is 11.8. The zero-order chi connectivity index (χ0) is 15.2. The van der Waals surface area contributed by atoms with Gasteiger partial charge in [-0.15, -0.1) is 0 Å². The van der Waals surface area contributed by atoms with Gasteiger partial charge in [-0.2, -0.15) is 11.8 Å². The van der Waals surface area contributed by atoms with Gasteiger partial charge in [0.05, 0.1) is 4.90 Å². The van der Waals surface area contributed by atoms with Gasteiger partial charge in [-0.1, -0.05) is 17.9 Å². The fraction of sp³-hybridized carbons (Fsp3) is 0.429. The first-order valence-corrected chi connectivity index (χ1v) is 8.76. The van der Waals surface area contributed by atoms with Gasteiger partial charge in [-0.05, 0) is 38.3 Å². The highest BCUT2D eigenvalue weighted by Gasteiger charge is 2.21. The molecular formula is C14H19NO3S2. The summed E-state index contributed by atoms with van der Waals surface area (Å²) in [5, 5.41) is 8.65. The molecule has 0 saturated heterocycles. The van der Waals surface area contributed by atoms with Gasteiger partial charge in [0.1, 0.15) is 6.61 Å². The van der Waals surface area contributed by atoms with Crippen molar-refractivity contribution in [1.29, 1.82) is 0 Å². The molecule has 1 aromatic carbocycles. The van der Waals surface area contributed by atoms with Gasteiger partial charge in [0.15, 0.2) is 0 Å². The minimum atomic E-state index is -3.54. The van der Waals surface area contributed by atoms with E-state index in [9.17, 15) is 8.42 Å². The number of aliphatic hydroxyl groups is 1. The molecule has 1 aromatic rings. The number of hydrogen-bond acceptors (Lipinski definition) is 4. The van der Waals surface area contributed by atoms with Gasteiger partial charge in [-0.3, -0.25) is 0 Å². The molecule has 0 spiro atoms. The summed E-state index contributed by atoms with van der Waals surface area (Å²) in [5.74, 6) is 5.19. The molecule has 0 heterocycles. The molecule has 0 aromatic heterocycles. The van der Waals surface area contributed by atoms with Crippen molar-refractivity contribution >= 4 is 21.8 Å². The van der Waals surface area contributed by atoms with E-state index in [0.29, 0.717) is 12.1 Å². The zero-order valence-corrected chi connectivity index (χ0v) is 13.4. The quantitative estimate of drug-likeness (QED) is 0.808. The van der Waals surface area contributed by atoms with Crippen LogP contribution in [0, 0.1) is 11.8 Å². The normalized spacial score (nSPS) is 11.8. The van der Waals surface area contributed by atoms with Gasteiger partial charge in [0, 0.05) is 16.9 Å². The Hall–Kier alpha value is -1.00. The van der Waals surface area contributed by atoms with Crippen molar-refractivity contribution in [3.63, 3.8) is 0 Å². The molecule has 0 amide bonds. The third kappa shape index (κ3) is 5.17. The van der Waals surface area contributed by atoms with Crippen molar-refractivity contribution in [2.75, 3.05) is 19.4 Å². The SMILES string of the molecule is CSC(C)(C)CNS(=O)(=O)c1cccc(C#CCO)c1. The first kappa shape index (κ1) is 17.1. The maximum atomic E-state index is 12.2. The van der Waals surface area contributed by atoms with Crippen LogP contribution in [0.25, 0.3) is 0 Å². The second kappa shape index (κ2) is 7.14. The maximum absolute atomic E-state index is 12.2. The van der Waals surface area contributed by atoms with Crippen LogP contribution in [-0.4, -0.2) is 37.7 Å². The molecule has 0 fully saturated rings. The molecule has 0 unspecified atom stereocenters. The van der Waals surface area contributed by atoms with Gasteiger partial charge >= 0.3 is 0 Å². The molecule has 0 saturated carbocycles. The molecule has 0 aliphatic rings. The van der Waals surface area contributed by atoms with E-state index in [-0.39, 0.29) is 16.2 Å². The largest absolute Gasteiger partial charge is 0.384 e. The standard InChI is InChI=1S/C14H19NO3S2/c1-14(2,19-3)11-15-20(17,18)13-8-4-6-12(10-13)7-5-9-16/h4,6,8,10,15-16H,9,11H2,1-3H3. The fourth-order valence-corrected chi connectivity index (χ4v) is 2.87. The summed E-state index contributed by atoms with van der Waals surface area (Å²) < 4.78 is 26.8. The topological polar surface area (TPSA) is 66.4 Å². The molecule has 110 valence electrons. The van der Waals surface area contributed by atoms with Crippen LogP contribution in [0.15, 0.2) is 29.2 Å². The molecule has 0 radical (unpaired) electrons. The third-order valence-electron chi connectivity index (χ3n) is 2.70. The van der Waals surface area contributed by atoms with Gasteiger partial charge in [0.25, 0.3) is 0 Å². The third-order valence-corrected chi connectivity index (χ3v) is 5.35. The van der Waals surface area contributed by atoms with Crippen molar-refractivity contribution in [2.45, 2.75) is 23.5 Å². The van der Waals surface area contributed by atoms with Crippen molar-refractivity contribution in [3.05, 3.63) is 29.8 Å². The van der Waals surface area contributed by atoms with E-state index >= 15 is 0 Å². The predicted octanol–water partition coefficient (Wildman–Crippen LogP) is 1.45. The van der Waals surface area contributed by atoms with Gasteiger partial charge in [-0.25, -0.2) is 13.1 Å². The Labute approximate surface area is 125 Å². The van der Waals surface area contributed by atoms with Crippen molar-refractivity contribution in [2.24, 2.45) is 0 Å². The Morgan fingerprint density at radius 3 is 2.70 bits per heavy atom. The minimum Gasteiger partial charge on any atom is -0.384 e.